The number of benzene rings is 1. The maximum absolute atomic E-state index is 13.7. The summed E-state index contributed by atoms with van der Waals surface area (Å²) >= 11 is 0. The van der Waals surface area contributed by atoms with Crippen molar-refractivity contribution in [3.63, 3.8) is 0 Å². The monoisotopic (exact) mass is 354 g/mol. The summed E-state index contributed by atoms with van der Waals surface area (Å²) < 4.78 is 45.9. The Morgan fingerprint density at radius 1 is 1.20 bits per heavy atom. The van der Waals surface area contributed by atoms with E-state index in [1.165, 1.54) is 6.07 Å². The highest BCUT2D eigenvalue weighted by atomic mass is 19.4. The van der Waals surface area contributed by atoms with E-state index in [-0.39, 0.29) is 11.6 Å². The Morgan fingerprint density at radius 3 is 2.52 bits per heavy atom. The Hall–Kier alpha value is -2.05. The van der Waals surface area contributed by atoms with Gasteiger partial charge in [0.15, 0.2) is 0 Å². The summed E-state index contributed by atoms with van der Waals surface area (Å²) in [6.07, 6.45) is -0.140. The third-order valence-electron chi connectivity index (χ3n) is 5.02. The van der Waals surface area contributed by atoms with Crippen molar-refractivity contribution < 1.29 is 22.7 Å². The molecule has 3 rings (SSSR count). The zero-order chi connectivity index (χ0) is 18.0. The minimum atomic E-state index is -4.70. The molecule has 0 radical (unpaired) electrons. The summed E-state index contributed by atoms with van der Waals surface area (Å²) in [6, 6.07) is 5.90. The van der Waals surface area contributed by atoms with E-state index in [1.54, 1.807) is 18.2 Å². The molecule has 1 fully saturated rings. The molecule has 0 unspecified atom stereocenters. The van der Waals surface area contributed by atoms with Gasteiger partial charge in [0, 0.05) is 6.04 Å². The predicted octanol–water partition coefficient (Wildman–Crippen LogP) is 4.49. The molecule has 0 amide bonds. The fraction of sp³-hybridized carbons (Fsp3) is 0.556. The fourth-order valence-electron chi connectivity index (χ4n) is 3.83. The number of hydrogen-bond donors (Lipinski definition) is 1. The number of hydrogen-bond acceptors (Lipinski definition) is 4. The largest absolute Gasteiger partial charge is 0.468 e. The highest BCUT2D eigenvalue weighted by Gasteiger charge is 2.50. The van der Waals surface area contributed by atoms with E-state index in [9.17, 15) is 18.0 Å². The molecule has 1 aliphatic heterocycles. The van der Waals surface area contributed by atoms with Crippen molar-refractivity contribution in [3.8, 4) is 0 Å². The van der Waals surface area contributed by atoms with E-state index in [2.05, 4.69) is 10.3 Å². The van der Waals surface area contributed by atoms with E-state index < -0.39 is 29.8 Å². The normalized spacial score (nSPS) is 24.6. The quantitative estimate of drug-likeness (QED) is 0.797. The summed E-state index contributed by atoms with van der Waals surface area (Å²) in [5.74, 6) is -2.40. The molecular formula is C18H21F3N2O2. The first kappa shape index (κ1) is 17.8. The molecule has 1 aromatic rings. The molecule has 1 saturated carbocycles. The number of carbonyl (C=O) groups excluding carboxylic acids is 1. The van der Waals surface area contributed by atoms with Crippen molar-refractivity contribution in [2.45, 2.75) is 44.3 Å². The molecular weight excluding hydrogens is 333 g/mol. The maximum Gasteiger partial charge on any atom is 0.430 e. The van der Waals surface area contributed by atoms with Crippen LogP contribution in [0.3, 0.4) is 0 Å². The van der Waals surface area contributed by atoms with Crippen molar-refractivity contribution in [3.05, 3.63) is 24.3 Å². The summed E-state index contributed by atoms with van der Waals surface area (Å²) in [7, 11) is 1.12. The van der Waals surface area contributed by atoms with Crippen molar-refractivity contribution in [2.24, 2.45) is 16.8 Å². The minimum Gasteiger partial charge on any atom is -0.468 e. The number of ether oxygens (including phenoxy) is 1. The Labute approximate surface area is 144 Å². The first-order chi connectivity index (χ1) is 11.9. The van der Waals surface area contributed by atoms with Crippen LogP contribution in [0.1, 0.15) is 32.1 Å². The molecule has 0 saturated heterocycles. The highest BCUT2D eigenvalue weighted by molar-refractivity contribution is 6.08. The van der Waals surface area contributed by atoms with Crippen molar-refractivity contribution >= 4 is 23.1 Å². The summed E-state index contributed by atoms with van der Waals surface area (Å²) in [5, 5.41) is 3.18. The zero-order valence-corrected chi connectivity index (χ0v) is 14.0. The number of nitrogens with zero attached hydrogens (tertiary/aromatic N) is 1. The number of para-hydroxylation sites is 2. The number of rotatable bonds is 2. The van der Waals surface area contributed by atoms with Crippen LogP contribution in [0.5, 0.6) is 0 Å². The van der Waals surface area contributed by atoms with Gasteiger partial charge < -0.3 is 10.1 Å². The standard InChI is InChI=1S/C18H21F3N2O2/c1-25-17(24)14-15(11-7-3-2-4-8-11)22-12-9-5-6-10-13(12)23-16(14)18(19,20)21/h5-6,9-11,14-15,22H,2-4,7-8H2,1H3/t14-,15+/m0/s1. The number of halogens is 3. The lowest BCUT2D eigenvalue weighted by Gasteiger charge is -2.35. The third-order valence-corrected chi connectivity index (χ3v) is 5.02. The Balaban J connectivity index is 2.11. The number of esters is 1. The van der Waals surface area contributed by atoms with Crippen LogP contribution in [-0.4, -0.2) is 31.0 Å². The van der Waals surface area contributed by atoms with E-state index in [4.69, 9.17) is 4.74 Å². The molecule has 2 atom stereocenters. The molecule has 1 aromatic carbocycles. The second-order valence-electron chi connectivity index (χ2n) is 6.58. The fourth-order valence-corrected chi connectivity index (χ4v) is 3.83. The molecule has 2 aliphatic rings. The third kappa shape index (κ3) is 3.65. The Bertz CT molecular complexity index is 667. The second-order valence-corrected chi connectivity index (χ2v) is 6.58. The van der Waals surface area contributed by atoms with Gasteiger partial charge in [-0.25, -0.2) is 4.99 Å². The van der Waals surface area contributed by atoms with Gasteiger partial charge in [0.2, 0.25) is 0 Å². The first-order valence-corrected chi connectivity index (χ1v) is 8.51. The van der Waals surface area contributed by atoms with Crippen LogP contribution >= 0.6 is 0 Å². The van der Waals surface area contributed by atoms with E-state index >= 15 is 0 Å². The van der Waals surface area contributed by atoms with Gasteiger partial charge >= 0.3 is 12.1 Å². The van der Waals surface area contributed by atoms with Gasteiger partial charge in [0.05, 0.1) is 18.5 Å². The van der Waals surface area contributed by atoms with Crippen LogP contribution in [0.25, 0.3) is 0 Å². The smallest absolute Gasteiger partial charge is 0.430 e. The molecule has 136 valence electrons. The first-order valence-electron chi connectivity index (χ1n) is 8.51. The summed E-state index contributed by atoms with van der Waals surface area (Å²) in [5.41, 5.74) is -0.361. The second kappa shape index (κ2) is 7.06. The Kier molecular flexibility index (Phi) is 5.01. The molecule has 0 aromatic heterocycles. The number of anilines is 1. The van der Waals surface area contributed by atoms with Gasteiger partial charge in [-0.05, 0) is 30.9 Å². The summed E-state index contributed by atoms with van der Waals surface area (Å²) in [6.45, 7) is 0. The van der Waals surface area contributed by atoms with Gasteiger partial charge in [-0.2, -0.15) is 13.2 Å². The molecule has 7 heteroatoms. The lowest BCUT2D eigenvalue weighted by molar-refractivity contribution is -0.145. The van der Waals surface area contributed by atoms with Crippen molar-refractivity contribution in [1.82, 2.24) is 0 Å². The molecule has 4 nitrogen and oxygen atoms in total. The topological polar surface area (TPSA) is 50.7 Å². The summed E-state index contributed by atoms with van der Waals surface area (Å²) in [4.78, 5) is 16.2. The highest BCUT2D eigenvalue weighted by Crippen LogP contribution is 2.40. The van der Waals surface area contributed by atoms with Crippen molar-refractivity contribution in [1.29, 1.82) is 0 Å². The SMILES string of the molecule is COC(=O)[C@@H]1C(C(F)(F)F)=Nc2ccccc2N[C@@H]1C1CCCCC1. The average molecular weight is 354 g/mol. The van der Waals surface area contributed by atoms with Crippen molar-refractivity contribution in [2.75, 3.05) is 12.4 Å². The number of methoxy groups -OCH3 is 1. The number of alkyl halides is 3. The van der Waals surface area contributed by atoms with Crippen LogP contribution in [-0.2, 0) is 9.53 Å². The van der Waals surface area contributed by atoms with Crippen LogP contribution in [0.15, 0.2) is 29.3 Å². The molecule has 1 heterocycles. The van der Waals surface area contributed by atoms with Gasteiger partial charge in [-0.15, -0.1) is 0 Å². The molecule has 0 bridgehead atoms. The minimum absolute atomic E-state index is 0.0310. The zero-order valence-electron chi connectivity index (χ0n) is 14.0. The van der Waals surface area contributed by atoms with Gasteiger partial charge in [-0.3, -0.25) is 4.79 Å². The maximum atomic E-state index is 13.7. The predicted molar refractivity (Wildman–Crippen MR) is 89.1 cm³/mol. The van der Waals surface area contributed by atoms with E-state index in [0.717, 1.165) is 39.2 Å². The molecule has 25 heavy (non-hydrogen) atoms. The molecule has 0 spiro atoms. The lowest BCUT2D eigenvalue weighted by Crippen LogP contribution is -2.49. The van der Waals surface area contributed by atoms with Gasteiger partial charge in [0.1, 0.15) is 11.6 Å². The van der Waals surface area contributed by atoms with Crippen LogP contribution in [0.4, 0.5) is 24.5 Å². The number of fused-ring (bicyclic) bond motifs is 1. The van der Waals surface area contributed by atoms with Gasteiger partial charge in [-0.1, -0.05) is 31.4 Å². The van der Waals surface area contributed by atoms with Gasteiger partial charge in [0.25, 0.3) is 0 Å². The van der Waals surface area contributed by atoms with E-state index in [0.29, 0.717) is 5.69 Å². The van der Waals surface area contributed by atoms with Crippen LogP contribution in [0, 0.1) is 11.8 Å². The van der Waals surface area contributed by atoms with E-state index in [1.807, 2.05) is 0 Å². The lowest BCUT2D eigenvalue weighted by atomic mass is 9.77. The number of aliphatic imine (C=N–C) groups is 1. The van der Waals surface area contributed by atoms with Crippen LogP contribution < -0.4 is 5.32 Å². The number of nitrogens with one attached hydrogen (secondary N) is 1. The molecule has 1 aliphatic carbocycles. The number of carbonyl (C=O) groups is 1. The Morgan fingerprint density at radius 2 is 1.88 bits per heavy atom. The van der Waals surface area contributed by atoms with Crippen LogP contribution in [0.2, 0.25) is 0 Å². The average Bonchev–Trinajstić information content (AvgIpc) is 2.78. The molecule has 1 N–H and O–H groups in total.